The summed E-state index contributed by atoms with van der Waals surface area (Å²) in [5.41, 5.74) is 2.77. The van der Waals surface area contributed by atoms with Gasteiger partial charge in [-0.1, -0.05) is 17.7 Å². The normalized spacial score (nSPS) is 10.9. The molecule has 0 aliphatic rings. The van der Waals surface area contributed by atoms with Gasteiger partial charge in [0.25, 0.3) is 0 Å². The van der Waals surface area contributed by atoms with Gasteiger partial charge in [0.15, 0.2) is 5.06 Å². The summed E-state index contributed by atoms with van der Waals surface area (Å²) in [4.78, 5) is 1.05. The Hall–Kier alpha value is -1.07. The minimum atomic E-state index is -2.79. The van der Waals surface area contributed by atoms with E-state index in [1.165, 1.54) is 11.3 Å². The minimum absolute atomic E-state index is 0.269. The van der Waals surface area contributed by atoms with Gasteiger partial charge in [0.2, 0.25) is 0 Å². The van der Waals surface area contributed by atoms with Crippen molar-refractivity contribution in [3.8, 4) is 16.2 Å². The van der Waals surface area contributed by atoms with Crippen molar-refractivity contribution in [2.75, 3.05) is 6.26 Å². The van der Waals surface area contributed by atoms with Crippen LogP contribution in [0.2, 0.25) is 0 Å². The van der Waals surface area contributed by atoms with E-state index in [2.05, 4.69) is 4.74 Å². The SMILES string of the molecule is CSc1ccc(C)cc1-c1ccsc1OC(F)F. The zero-order chi connectivity index (χ0) is 13.1. The summed E-state index contributed by atoms with van der Waals surface area (Å²) >= 11 is 2.78. The smallest absolute Gasteiger partial charge is 0.388 e. The molecule has 0 fully saturated rings. The topological polar surface area (TPSA) is 9.23 Å². The number of benzene rings is 1. The molecule has 0 saturated carbocycles. The summed E-state index contributed by atoms with van der Waals surface area (Å²) in [7, 11) is 0. The summed E-state index contributed by atoms with van der Waals surface area (Å²) < 4.78 is 29.2. The maximum absolute atomic E-state index is 12.3. The summed E-state index contributed by atoms with van der Waals surface area (Å²) in [5.74, 6) is 0. The lowest BCUT2D eigenvalue weighted by molar-refractivity contribution is -0.0468. The molecule has 1 aromatic carbocycles. The lowest BCUT2D eigenvalue weighted by Gasteiger charge is -2.10. The fourth-order valence-corrected chi connectivity index (χ4v) is 3.05. The Morgan fingerprint density at radius 1 is 1.22 bits per heavy atom. The van der Waals surface area contributed by atoms with Gasteiger partial charge in [-0.3, -0.25) is 0 Å². The van der Waals surface area contributed by atoms with Crippen LogP contribution in [0.4, 0.5) is 8.78 Å². The maximum atomic E-state index is 12.3. The number of rotatable bonds is 4. The first-order chi connectivity index (χ1) is 8.61. The van der Waals surface area contributed by atoms with E-state index in [4.69, 9.17) is 0 Å². The van der Waals surface area contributed by atoms with E-state index in [0.29, 0.717) is 0 Å². The van der Waals surface area contributed by atoms with Crippen LogP contribution in [0.1, 0.15) is 5.56 Å². The lowest BCUT2D eigenvalue weighted by Crippen LogP contribution is -2.01. The Balaban J connectivity index is 2.48. The van der Waals surface area contributed by atoms with Crippen molar-refractivity contribution in [3.05, 3.63) is 35.2 Å². The Labute approximate surface area is 113 Å². The molecule has 1 nitrogen and oxygen atoms in total. The summed E-state index contributed by atoms with van der Waals surface area (Å²) in [6.45, 7) is -0.807. The molecular formula is C13H12F2OS2. The number of hydrogen-bond donors (Lipinski definition) is 0. The molecule has 0 aliphatic heterocycles. The quantitative estimate of drug-likeness (QED) is 0.728. The number of halogens is 2. The fraction of sp³-hybridized carbons (Fsp3) is 0.231. The molecule has 0 saturated heterocycles. The Morgan fingerprint density at radius 3 is 2.67 bits per heavy atom. The molecule has 0 atom stereocenters. The van der Waals surface area contributed by atoms with Gasteiger partial charge < -0.3 is 4.74 Å². The van der Waals surface area contributed by atoms with Crippen LogP contribution in [0, 0.1) is 6.92 Å². The van der Waals surface area contributed by atoms with Gasteiger partial charge in [-0.25, -0.2) is 0 Å². The van der Waals surface area contributed by atoms with Crippen LogP contribution in [-0.2, 0) is 0 Å². The van der Waals surface area contributed by atoms with Crippen molar-refractivity contribution in [1.82, 2.24) is 0 Å². The standard InChI is InChI=1S/C13H12F2OS2/c1-8-3-4-11(17-2)10(7-8)9-5-6-18-12(9)16-13(14)15/h3-7,13H,1-2H3. The van der Waals surface area contributed by atoms with Crippen molar-refractivity contribution in [1.29, 1.82) is 0 Å². The zero-order valence-electron chi connectivity index (χ0n) is 9.94. The predicted molar refractivity (Wildman–Crippen MR) is 72.9 cm³/mol. The highest BCUT2D eigenvalue weighted by Crippen LogP contribution is 2.40. The summed E-state index contributed by atoms with van der Waals surface area (Å²) in [5, 5.41) is 2.03. The number of hydrogen-bond acceptors (Lipinski definition) is 3. The van der Waals surface area contributed by atoms with Gasteiger partial charge in [-0.15, -0.1) is 23.1 Å². The van der Waals surface area contributed by atoms with E-state index >= 15 is 0 Å². The average molecular weight is 286 g/mol. The largest absolute Gasteiger partial charge is 0.424 e. The molecule has 0 unspecified atom stereocenters. The molecule has 0 aliphatic carbocycles. The van der Waals surface area contributed by atoms with E-state index in [1.807, 2.05) is 37.4 Å². The van der Waals surface area contributed by atoms with E-state index in [-0.39, 0.29) is 5.06 Å². The van der Waals surface area contributed by atoms with Gasteiger partial charge in [0.1, 0.15) is 0 Å². The van der Waals surface area contributed by atoms with Gasteiger partial charge in [0, 0.05) is 16.0 Å². The first-order valence-corrected chi connectivity index (χ1v) is 7.39. The van der Waals surface area contributed by atoms with Crippen molar-refractivity contribution in [2.45, 2.75) is 18.4 Å². The van der Waals surface area contributed by atoms with Crippen LogP contribution >= 0.6 is 23.1 Å². The molecule has 0 amide bonds. The second-order valence-corrected chi connectivity index (χ2v) is 5.43. The number of aryl methyl sites for hydroxylation is 1. The molecule has 96 valence electrons. The molecule has 0 radical (unpaired) electrons. The van der Waals surface area contributed by atoms with Crippen molar-refractivity contribution < 1.29 is 13.5 Å². The van der Waals surface area contributed by atoms with E-state index in [0.717, 1.165) is 21.6 Å². The van der Waals surface area contributed by atoms with Crippen LogP contribution < -0.4 is 4.74 Å². The molecular weight excluding hydrogens is 274 g/mol. The van der Waals surface area contributed by atoms with E-state index < -0.39 is 6.61 Å². The van der Waals surface area contributed by atoms with Gasteiger partial charge in [-0.2, -0.15) is 8.78 Å². The second kappa shape index (κ2) is 5.71. The highest BCUT2D eigenvalue weighted by Gasteiger charge is 2.15. The third kappa shape index (κ3) is 2.84. The minimum Gasteiger partial charge on any atom is -0.424 e. The van der Waals surface area contributed by atoms with Crippen LogP contribution in [0.5, 0.6) is 5.06 Å². The average Bonchev–Trinajstić information content (AvgIpc) is 2.76. The number of alkyl halides is 2. The first kappa shape index (κ1) is 13.4. The highest BCUT2D eigenvalue weighted by molar-refractivity contribution is 7.98. The van der Waals surface area contributed by atoms with Crippen LogP contribution in [-0.4, -0.2) is 12.9 Å². The van der Waals surface area contributed by atoms with E-state index in [1.54, 1.807) is 17.1 Å². The van der Waals surface area contributed by atoms with Crippen LogP contribution in [0.25, 0.3) is 11.1 Å². The Bertz CT molecular complexity index is 538. The fourth-order valence-electron chi connectivity index (χ4n) is 1.70. The second-order valence-electron chi connectivity index (χ2n) is 3.70. The number of ether oxygens (including phenoxy) is 1. The van der Waals surface area contributed by atoms with Crippen molar-refractivity contribution >= 4 is 23.1 Å². The number of thioether (sulfide) groups is 1. The van der Waals surface area contributed by atoms with Crippen molar-refractivity contribution in [2.24, 2.45) is 0 Å². The van der Waals surface area contributed by atoms with Crippen molar-refractivity contribution in [3.63, 3.8) is 0 Å². The molecule has 1 aromatic heterocycles. The number of thiophene rings is 1. The van der Waals surface area contributed by atoms with E-state index in [9.17, 15) is 8.78 Å². The third-order valence-corrected chi connectivity index (χ3v) is 4.07. The summed E-state index contributed by atoms with van der Waals surface area (Å²) in [6.07, 6.45) is 1.97. The molecule has 1 heterocycles. The maximum Gasteiger partial charge on any atom is 0.388 e. The molecule has 0 N–H and O–H groups in total. The molecule has 18 heavy (non-hydrogen) atoms. The molecule has 0 spiro atoms. The van der Waals surface area contributed by atoms with Gasteiger partial charge in [0.05, 0.1) is 0 Å². The highest BCUT2D eigenvalue weighted by atomic mass is 32.2. The monoisotopic (exact) mass is 286 g/mol. The summed E-state index contributed by atoms with van der Waals surface area (Å²) in [6, 6.07) is 7.82. The van der Waals surface area contributed by atoms with Crippen LogP contribution in [0.15, 0.2) is 34.5 Å². The molecule has 0 bridgehead atoms. The van der Waals surface area contributed by atoms with Gasteiger partial charge >= 0.3 is 6.61 Å². The Morgan fingerprint density at radius 2 is 2.00 bits per heavy atom. The zero-order valence-corrected chi connectivity index (χ0v) is 11.6. The first-order valence-electron chi connectivity index (χ1n) is 5.29. The molecule has 2 rings (SSSR count). The van der Waals surface area contributed by atoms with Gasteiger partial charge in [-0.05, 0) is 30.7 Å². The van der Waals surface area contributed by atoms with Crippen LogP contribution in [0.3, 0.4) is 0 Å². The molecule has 2 aromatic rings. The Kier molecular flexibility index (Phi) is 4.24. The predicted octanol–water partition coefficient (Wildman–Crippen LogP) is 5.05. The third-order valence-electron chi connectivity index (χ3n) is 2.47. The molecule has 5 heteroatoms. The lowest BCUT2D eigenvalue weighted by atomic mass is 10.1.